The van der Waals surface area contributed by atoms with E-state index in [1.165, 1.54) is 0 Å². The molecule has 0 aromatic heterocycles. The summed E-state index contributed by atoms with van der Waals surface area (Å²) >= 11 is 0. The number of carbonyl (C=O) groups is 3. The second-order valence-corrected chi connectivity index (χ2v) is 10.5. The van der Waals surface area contributed by atoms with E-state index in [1.807, 2.05) is 43.3 Å². The van der Waals surface area contributed by atoms with Crippen LogP contribution in [0.1, 0.15) is 60.1 Å². The van der Waals surface area contributed by atoms with Crippen molar-refractivity contribution in [1.29, 1.82) is 0 Å². The van der Waals surface area contributed by atoms with E-state index < -0.39 is 6.04 Å². The number of rotatable bonds is 9. The van der Waals surface area contributed by atoms with Gasteiger partial charge in [-0.1, -0.05) is 12.1 Å². The van der Waals surface area contributed by atoms with Gasteiger partial charge in [0.15, 0.2) is 0 Å². The summed E-state index contributed by atoms with van der Waals surface area (Å²) in [5.74, 6) is 0.117. The Hall–Kier alpha value is -3.14. The largest absolute Gasteiger partial charge is 0.494 e. The number of anilines is 1. The zero-order valence-electron chi connectivity index (χ0n) is 22.4. The highest BCUT2D eigenvalue weighted by molar-refractivity contribution is 6.05. The highest BCUT2D eigenvalue weighted by Gasteiger charge is 2.39. The zero-order valence-corrected chi connectivity index (χ0v) is 23.3. The first-order valence-electron chi connectivity index (χ1n) is 13.6. The Morgan fingerprint density at radius 1 is 1.03 bits per heavy atom. The van der Waals surface area contributed by atoms with Gasteiger partial charge in [0.1, 0.15) is 11.8 Å². The summed E-state index contributed by atoms with van der Waals surface area (Å²) in [5.41, 5.74) is 9.73. The molecule has 0 bridgehead atoms. The topological polar surface area (TPSA) is 108 Å². The normalized spacial score (nSPS) is 20.4. The number of hydrogen-bond donors (Lipinski definition) is 2. The summed E-state index contributed by atoms with van der Waals surface area (Å²) in [6.07, 6.45) is 2.75. The fourth-order valence-corrected chi connectivity index (χ4v) is 5.48. The molecule has 0 saturated carbocycles. The summed E-state index contributed by atoms with van der Waals surface area (Å²) < 4.78 is 5.87. The molecule has 2 aromatic carbocycles. The molecule has 3 aliphatic rings. The Bertz CT molecular complexity index is 1180. The van der Waals surface area contributed by atoms with Crippen molar-refractivity contribution in [2.24, 2.45) is 5.73 Å². The number of unbranched alkanes of at least 4 members (excludes halogenated alkanes) is 1. The quantitative estimate of drug-likeness (QED) is 0.362. The van der Waals surface area contributed by atoms with Gasteiger partial charge >= 0.3 is 0 Å². The molecule has 10 heteroatoms. The molecule has 2 aromatic rings. The first-order chi connectivity index (χ1) is 18.4. The molecule has 210 valence electrons. The summed E-state index contributed by atoms with van der Waals surface area (Å²) in [7, 11) is 0. The SMILES string of the molecule is C[C@@H](N)c1ccc(OCCCCN2CCN(c3ccc4c(c3)CN(C3CCC(=O)NC3=O)C4=O)CC2)cc1.Cl. The summed E-state index contributed by atoms with van der Waals surface area (Å²) in [4.78, 5) is 43.2. The minimum Gasteiger partial charge on any atom is -0.494 e. The van der Waals surface area contributed by atoms with Crippen LogP contribution in [-0.4, -0.2) is 72.9 Å². The third kappa shape index (κ3) is 6.72. The Labute approximate surface area is 236 Å². The van der Waals surface area contributed by atoms with Gasteiger partial charge in [-0.15, -0.1) is 12.4 Å². The molecule has 0 spiro atoms. The van der Waals surface area contributed by atoms with Crippen LogP contribution in [0.25, 0.3) is 0 Å². The third-order valence-corrected chi connectivity index (χ3v) is 7.79. The van der Waals surface area contributed by atoms with Crippen LogP contribution in [-0.2, 0) is 16.1 Å². The lowest BCUT2D eigenvalue weighted by atomic mass is 10.0. The average molecular weight is 556 g/mol. The molecule has 3 aliphatic heterocycles. The monoisotopic (exact) mass is 555 g/mol. The Morgan fingerprint density at radius 2 is 1.77 bits per heavy atom. The third-order valence-electron chi connectivity index (χ3n) is 7.79. The number of nitrogens with zero attached hydrogens (tertiary/aromatic N) is 3. The predicted octanol–water partition coefficient (Wildman–Crippen LogP) is 2.87. The van der Waals surface area contributed by atoms with Crippen LogP contribution in [0.3, 0.4) is 0 Å². The van der Waals surface area contributed by atoms with Crippen molar-refractivity contribution in [2.45, 2.75) is 51.2 Å². The maximum atomic E-state index is 12.9. The van der Waals surface area contributed by atoms with Gasteiger partial charge in [-0.3, -0.25) is 24.6 Å². The molecule has 1 unspecified atom stereocenters. The van der Waals surface area contributed by atoms with Crippen LogP contribution < -0.4 is 20.7 Å². The lowest BCUT2D eigenvalue weighted by molar-refractivity contribution is -0.136. The van der Waals surface area contributed by atoms with Crippen LogP contribution >= 0.6 is 12.4 Å². The van der Waals surface area contributed by atoms with Gasteiger partial charge in [0.25, 0.3) is 5.91 Å². The number of halogens is 1. The Morgan fingerprint density at radius 3 is 2.46 bits per heavy atom. The van der Waals surface area contributed by atoms with Crippen LogP contribution in [0.2, 0.25) is 0 Å². The highest BCUT2D eigenvalue weighted by atomic mass is 35.5. The van der Waals surface area contributed by atoms with Crippen LogP contribution in [0.5, 0.6) is 5.75 Å². The minimum atomic E-state index is -0.578. The molecule has 0 aliphatic carbocycles. The number of amides is 3. The van der Waals surface area contributed by atoms with Crippen molar-refractivity contribution < 1.29 is 19.1 Å². The molecule has 9 nitrogen and oxygen atoms in total. The summed E-state index contributed by atoms with van der Waals surface area (Å²) in [5, 5.41) is 2.36. The Balaban J connectivity index is 0.00000353. The van der Waals surface area contributed by atoms with Crippen molar-refractivity contribution in [3.8, 4) is 5.75 Å². The van der Waals surface area contributed by atoms with Gasteiger partial charge in [0.05, 0.1) is 6.61 Å². The number of hydrogen-bond acceptors (Lipinski definition) is 7. The van der Waals surface area contributed by atoms with Crippen molar-refractivity contribution in [3.63, 3.8) is 0 Å². The number of imide groups is 1. The highest BCUT2D eigenvalue weighted by Crippen LogP contribution is 2.31. The molecule has 39 heavy (non-hydrogen) atoms. The second kappa shape index (κ2) is 12.8. The number of nitrogens with two attached hydrogens (primary N) is 1. The van der Waals surface area contributed by atoms with E-state index in [-0.39, 0.29) is 42.6 Å². The molecular weight excluding hydrogens is 518 g/mol. The number of benzene rings is 2. The average Bonchev–Trinajstić information content (AvgIpc) is 3.24. The van der Waals surface area contributed by atoms with Crippen LogP contribution in [0.4, 0.5) is 5.69 Å². The van der Waals surface area contributed by atoms with E-state index in [0.29, 0.717) is 25.1 Å². The molecule has 2 fully saturated rings. The molecule has 3 N–H and O–H groups in total. The Kier molecular flexibility index (Phi) is 9.48. The van der Waals surface area contributed by atoms with Gasteiger partial charge in [-0.2, -0.15) is 0 Å². The lowest BCUT2D eigenvalue weighted by Crippen LogP contribution is -2.52. The van der Waals surface area contributed by atoms with Crippen molar-refractivity contribution >= 4 is 35.8 Å². The fourth-order valence-electron chi connectivity index (χ4n) is 5.48. The van der Waals surface area contributed by atoms with Crippen molar-refractivity contribution in [1.82, 2.24) is 15.1 Å². The van der Waals surface area contributed by atoms with Crippen LogP contribution in [0, 0.1) is 0 Å². The standard InChI is InChI=1S/C29H37N5O4.ClH/c1-20(30)21-4-7-24(8-5-21)38-17-3-2-12-32-13-15-33(16-14-32)23-6-9-25-22(18-23)19-34(29(25)37)26-10-11-27(35)31-28(26)36;/h4-9,18,20,26H,2-3,10-17,19,30H2,1H3,(H,31,35,36);1H/t20-,26?;/m1./s1. The number of ether oxygens (including phenoxy) is 1. The molecule has 2 atom stereocenters. The number of nitrogens with one attached hydrogen (secondary N) is 1. The summed E-state index contributed by atoms with van der Waals surface area (Å²) in [6, 6.07) is 13.5. The maximum absolute atomic E-state index is 12.9. The van der Waals surface area contributed by atoms with E-state index in [1.54, 1.807) is 4.90 Å². The van der Waals surface area contributed by atoms with Crippen molar-refractivity contribution in [3.05, 3.63) is 59.2 Å². The molecule has 3 heterocycles. The van der Waals surface area contributed by atoms with E-state index in [4.69, 9.17) is 10.5 Å². The molecule has 2 saturated heterocycles. The maximum Gasteiger partial charge on any atom is 0.255 e. The lowest BCUT2D eigenvalue weighted by Gasteiger charge is -2.36. The van der Waals surface area contributed by atoms with Gasteiger partial charge in [-0.25, -0.2) is 0 Å². The smallest absolute Gasteiger partial charge is 0.255 e. The molecule has 3 amide bonds. The van der Waals surface area contributed by atoms with E-state index in [0.717, 1.165) is 68.1 Å². The summed E-state index contributed by atoms with van der Waals surface area (Å²) in [6.45, 7) is 8.02. The number of fused-ring (bicyclic) bond motifs is 1. The molecule has 5 rings (SSSR count). The van der Waals surface area contributed by atoms with Crippen LogP contribution in [0.15, 0.2) is 42.5 Å². The molecular formula is C29H38ClN5O4. The van der Waals surface area contributed by atoms with Gasteiger partial charge < -0.3 is 20.3 Å². The minimum absolute atomic E-state index is 0. The first kappa shape index (κ1) is 28.9. The van der Waals surface area contributed by atoms with E-state index in [2.05, 4.69) is 21.2 Å². The predicted molar refractivity (Wildman–Crippen MR) is 152 cm³/mol. The number of piperazine rings is 1. The van der Waals surface area contributed by atoms with E-state index in [9.17, 15) is 14.4 Å². The number of carbonyl (C=O) groups excluding carboxylic acids is 3. The number of piperidine rings is 1. The van der Waals surface area contributed by atoms with Gasteiger partial charge in [-0.05, 0) is 74.2 Å². The van der Waals surface area contributed by atoms with Gasteiger partial charge in [0.2, 0.25) is 11.8 Å². The van der Waals surface area contributed by atoms with Gasteiger partial charge in [0, 0.05) is 56.4 Å². The van der Waals surface area contributed by atoms with Crippen molar-refractivity contribution in [2.75, 3.05) is 44.2 Å². The molecule has 0 radical (unpaired) electrons. The first-order valence-corrected chi connectivity index (χ1v) is 13.6. The zero-order chi connectivity index (χ0) is 26.6. The van der Waals surface area contributed by atoms with E-state index >= 15 is 0 Å². The fraction of sp³-hybridized carbons (Fsp3) is 0.483. The second-order valence-electron chi connectivity index (χ2n) is 10.5.